The van der Waals surface area contributed by atoms with Crippen LogP contribution in [0.5, 0.6) is 0 Å². The predicted molar refractivity (Wildman–Crippen MR) is 69.6 cm³/mol. The summed E-state index contributed by atoms with van der Waals surface area (Å²) in [6, 6.07) is 5.12. The maximum atomic E-state index is 13.5. The number of benzene rings is 1. The third-order valence-electron chi connectivity index (χ3n) is 2.73. The number of hydrogen-bond acceptors (Lipinski definition) is 4. The molecule has 0 fully saturated rings. The number of aromatic nitrogens is 2. The number of anilines is 2. The van der Waals surface area contributed by atoms with Crippen molar-refractivity contribution < 1.29 is 4.39 Å². The molecule has 0 amide bonds. The maximum Gasteiger partial charge on any atom is 0.145 e. The van der Waals surface area contributed by atoms with Crippen molar-refractivity contribution in [3.8, 4) is 0 Å². The lowest BCUT2D eigenvalue weighted by atomic mass is 10.1. The molecule has 18 heavy (non-hydrogen) atoms. The fourth-order valence-corrected chi connectivity index (χ4v) is 1.60. The van der Waals surface area contributed by atoms with Gasteiger partial charge in [-0.2, -0.15) is 0 Å². The molecule has 1 aromatic heterocycles. The standard InChI is InChI=1S/C13H15FN4/c1-8-3-4-10(5-11(8)14)9(2)18-13-7-16-12(15)6-17-13/h3-7,9H,1-2H3,(H2,15,16)(H,17,18). The smallest absolute Gasteiger partial charge is 0.145 e. The first-order valence-electron chi connectivity index (χ1n) is 5.66. The summed E-state index contributed by atoms with van der Waals surface area (Å²) in [7, 11) is 0. The van der Waals surface area contributed by atoms with E-state index in [9.17, 15) is 4.39 Å². The summed E-state index contributed by atoms with van der Waals surface area (Å²) in [4.78, 5) is 8.03. The zero-order valence-corrected chi connectivity index (χ0v) is 10.3. The van der Waals surface area contributed by atoms with Gasteiger partial charge < -0.3 is 11.1 Å². The molecule has 1 aromatic carbocycles. The molecule has 94 valence electrons. The first kappa shape index (κ1) is 12.3. The van der Waals surface area contributed by atoms with Gasteiger partial charge in [0, 0.05) is 0 Å². The molecule has 0 spiro atoms. The molecule has 1 unspecified atom stereocenters. The number of nitrogen functional groups attached to an aromatic ring is 1. The molecule has 0 radical (unpaired) electrons. The fourth-order valence-electron chi connectivity index (χ4n) is 1.60. The van der Waals surface area contributed by atoms with Crippen molar-refractivity contribution in [1.82, 2.24) is 9.97 Å². The molecule has 3 N–H and O–H groups in total. The molecule has 0 saturated heterocycles. The highest BCUT2D eigenvalue weighted by Gasteiger charge is 2.08. The maximum absolute atomic E-state index is 13.5. The first-order chi connectivity index (χ1) is 8.56. The van der Waals surface area contributed by atoms with Crippen molar-refractivity contribution in [2.75, 3.05) is 11.1 Å². The van der Waals surface area contributed by atoms with Crippen LogP contribution in [0, 0.1) is 12.7 Å². The molecular formula is C13H15FN4. The van der Waals surface area contributed by atoms with Crippen molar-refractivity contribution >= 4 is 11.6 Å². The zero-order chi connectivity index (χ0) is 13.1. The van der Waals surface area contributed by atoms with Gasteiger partial charge in [0.25, 0.3) is 0 Å². The molecule has 2 rings (SSSR count). The second-order valence-electron chi connectivity index (χ2n) is 4.20. The van der Waals surface area contributed by atoms with Crippen molar-refractivity contribution in [2.24, 2.45) is 0 Å². The minimum atomic E-state index is -0.204. The van der Waals surface area contributed by atoms with E-state index in [0.29, 0.717) is 17.2 Å². The molecular weight excluding hydrogens is 231 g/mol. The minimum Gasteiger partial charge on any atom is -0.382 e. The van der Waals surface area contributed by atoms with Crippen molar-refractivity contribution in [3.63, 3.8) is 0 Å². The highest BCUT2D eigenvalue weighted by Crippen LogP contribution is 2.19. The van der Waals surface area contributed by atoms with Crippen LogP contribution in [-0.2, 0) is 0 Å². The van der Waals surface area contributed by atoms with Crippen molar-refractivity contribution in [2.45, 2.75) is 19.9 Å². The third kappa shape index (κ3) is 2.74. The average Bonchev–Trinajstić information content (AvgIpc) is 2.35. The number of nitrogens with one attached hydrogen (secondary N) is 1. The highest BCUT2D eigenvalue weighted by molar-refractivity contribution is 5.39. The predicted octanol–water partition coefficient (Wildman–Crippen LogP) is 2.68. The van der Waals surface area contributed by atoms with E-state index in [0.717, 1.165) is 5.56 Å². The SMILES string of the molecule is Cc1ccc(C(C)Nc2cnc(N)cn2)cc1F. The van der Waals surface area contributed by atoms with Crippen LogP contribution in [0.1, 0.15) is 24.1 Å². The van der Waals surface area contributed by atoms with E-state index >= 15 is 0 Å². The highest BCUT2D eigenvalue weighted by atomic mass is 19.1. The Kier molecular flexibility index (Phi) is 3.41. The van der Waals surface area contributed by atoms with E-state index in [2.05, 4.69) is 15.3 Å². The van der Waals surface area contributed by atoms with E-state index in [1.807, 2.05) is 13.0 Å². The molecule has 5 heteroatoms. The topological polar surface area (TPSA) is 63.8 Å². The zero-order valence-electron chi connectivity index (χ0n) is 10.3. The summed E-state index contributed by atoms with van der Waals surface area (Å²) in [6.07, 6.45) is 3.03. The Balaban J connectivity index is 2.13. The average molecular weight is 246 g/mol. The number of halogens is 1. The lowest BCUT2D eigenvalue weighted by Crippen LogP contribution is -2.09. The fraction of sp³-hybridized carbons (Fsp3) is 0.231. The summed E-state index contributed by atoms with van der Waals surface area (Å²) >= 11 is 0. The van der Waals surface area contributed by atoms with E-state index in [1.54, 1.807) is 19.2 Å². The van der Waals surface area contributed by atoms with Gasteiger partial charge in [-0.05, 0) is 31.0 Å². The van der Waals surface area contributed by atoms with E-state index in [-0.39, 0.29) is 11.9 Å². The van der Waals surface area contributed by atoms with Gasteiger partial charge in [0.2, 0.25) is 0 Å². The molecule has 0 saturated carbocycles. The molecule has 0 bridgehead atoms. The normalized spacial score (nSPS) is 12.2. The molecule has 0 aliphatic carbocycles. The molecule has 0 aliphatic rings. The Morgan fingerprint density at radius 3 is 2.67 bits per heavy atom. The van der Waals surface area contributed by atoms with Crippen LogP contribution in [0.4, 0.5) is 16.0 Å². The Morgan fingerprint density at radius 1 is 1.28 bits per heavy atom. The number of aryl methyl sites for hydroxylation is 1. The van der Waals surface area contributed by atoms with Crippen LogP contribution < -0.4 is 11.1 Å². The second-order valence-corrected chi connectivity index (χ2v) is 4.20. The summed E-state index contributed by atoms with van der Waals surface area (Å²) in [6.45, 7) is 3.67. The lowest BCUT2D eigenvalue weighted by Gasteiger charge is -2.15. The van der Waals surface area contributed by atoms with Gasteiger partial charge in [-0.3, -0.25) is 0 Å². The van der Waals surface area contributed by atoms with E-state index < -0.39 is 0 Å². The summed E-state index contributed by atoms with van der Waals surface area (Å²) < 4.78 is 13.5. The Bertz CT molecular complexity index is 539. The van der Waals surface area contributed by atoms with Gasteiger partial charge in [0.15, 0.2) is 0 Å². The summed E-state index contributed by atoms with van der Waals surface area (Å²) in [5.74, 6) is 0.775. The van der Waals surface area contributed by atoms with Crippen LogP contribution in [0.3, 0.4) is 0 Å². The molecule has 0 aliphatic heterocycles. The van der Waals surface area contributed by atoms with E-state index in [4.69, 9.17) is 5.73 Å². The Hall–Kier alpha value is -2.17. The molecule has 4 nitrogen and oxygen atoms in total. The molecule has 2 aromatic rings. The lowest BCUT2D eigenvalue weighted by molar-refractivity contribution is 0.614. The first-order valence-corrected chi connectivity index (χ1v) is 5.66. The second kappa shape index (κ2) is 5.00. The van der Waals surface area contributed by atoms with Gasteiger partial charge in [-0.1, -0.05) is 12.1 Å². The number of rotatable bonds is 3. The number of nitrogens with two attached hydrogens (primary N) is 1. The van der Waals surface area contributed by atoms with Crippen LogP contribution in [-0.4, -0.2) is 9.97 Å². The molecule has 1 atom stereocenters. The van der Waals surface area contributed by atoms with Crippen LogP contribution in [0.15, 0.2) is 30.6 Å². The Morgan fingerprint density at radius 2 is 2.06 bits per heavy atom. The van der Waals surface area contributed by atoms with Crippen LogP contribution >= 0.6 is 0 Å². The largest absolute Gasteiger partial charge is 0.382 e. The quantitative estimate of drug-likeness (QED) is 0.874. The van der Waals surface area contributed by atoms with Crippen LogP contribution in [0.2, 0.25) is 0 Å². The van der Waals surface area contributed by atoms with Crippen LogP contribution in [0.25, 0.3) is 0 Å². The number of hydrogen-bond donors (Lipinski definition) is 2. The minimum absolute atomic E-state index is 0.0574. The summed E-state index contributed by atoms with van der Waals surface area (Å²) in [5.41, 5.74) is 6.95. The van der Waals surface area contributed by atoms with Crippen molar-refractivity contribution in [1.29, 1.82) is 0 Å². The monoisotopic (exact) mass is 246 g/mol. The summed E-state index contributed by atoms with van der Waals surface area (Å²) in [5, 5.41) is 3.14. The van der Waals surface area contributed by atoms with Gasteiger partial charge in [0.1, 0.15) is 17.5 Å². The van der Waals surface area contributed by atoms with E-state index in [1.165, 1.54) is 12.3 Å². The third-order valence-corrected chi connectivity index (χ3v) is 2.73. The van der Waals surface area contributed by atoms with Crippen molar-refractivity contribution in [3.05, 3.63) is 47.5 Å². The molecule has 1 heterocycles. The number of nitrogens with zero attached hydrogens (tertiary/aromatic N) is 2. The van der Waals surface area contributed by atoms with Gasteiger partial charge in [-0.25, -0.2) is 14.4 Å². The van der Waals surface area contributed by atoms with Gasteiger partial charge in [0.05, 0.1) is 18.4 Å². The van der Waals surface area contributed by atoms with Gasteiger partial charge in [-0.15, -0.1) is 0 Å². The Labute approximate surface area is 105 Å². The van der Waals surface area contributed by atoms with Gasteiger partial charge >= 0.3 is 0 Å².